The standard InChI is InChI=1S/C5H12BrN.C5H11NO2/c6-4-2-1-3-5-7;1-5(2,3)6-4(7)8/h1-5,7H2;6H,1-3H3,(H,7,8). The number of rotatable bonds is 4. The Morgan fingerprint density at radius 3 is 2.07 bits per heavy atom. The van der Waals surface area contributed by atoms with E-state index in [9.17, 15) is 4.79 Å². The predicted molar refractivity (Wildman–Crippen MR) is 67.6 cm³/mol. The lowest BCUT2D eigenvalue weighted by molar-refractivity contribution is 0.184. The zero-order valence-electron chi connectivity index (χ0n) is 9.85. The second-order valence-electron chi connectivity index (χ2n) is 4.22. The molecule has 0 aromatic heterocycles. The lowest BCUT2D eigenvalue weighted by atomic mass is 10.1. The SMILES string of the molecule is CC(C)(C)NC(=O)O.NCCCCCBr. The summed E-state index contributed by atoms with van der Waals surface area (Å²) in [5.74, 6) is 0. The topological polar surface area (TPSA) is 75.3 Å². The molecular weight excluding hydrogens is 260 g/mol. The summed E-state index contributed by atoms with van der Waals surface area (Å²) >= 11 is 3.34. The maximum Gasteiger partial charge on any atom is 0.405 e. The highest BCUT2D eigenvalue weighted by molar-refractivity contribution is 9.09. The van der Waals surface area contributed by atoms with Crippen molar-refractivity contribution in [2.45, 2.75) is 45.6 Å². The van der Waals surface area contributed by atoms with Crippen molar-refractivity contribution >= 4 is 22.0 Å². The highest BCUT2D eigenvalue weighted by Gasteiger charge is 2.10. The fourth-order valence-electron chi connectivity index (χ4n) is 0.736. The van der Waals surface area contributed by atoms with E-state index in [1.54, 1.807) is 20.8 Å². The van der Waals surface area contributed by atoms with Gasteiger partial charge in [0.1, 0.15) is 0 Å². The molecule has 92 valence electrons. The third-order valence-corrected chi connectivity index (χ3v) is 1.88. The Balaban J connectivity index is 0. The van der Waals surface area contributed by atoms with E-state index in [4.69, 9.17) is 10.8 Å². The molecule has 0 spiro atoms. The molecule has 0 aliphatic heterocycles. The molecule has 0 rings (SSSR count). The van der Waals surface area contributed by atoms with E-state index in [2.05, 4.69) is 21.2 Å². The van der Waals surface area contributed by atoms with Crippen LogP contribution in [0.25, 0.3) is 0 Å². The van der Waals surface area contributed by atoms with Crippen LogP contribution in [-0.4, -0.2) is 28.6 Å². The fourth-order valence-corrected chi connectivity index (χ4v) is 1.13. The number of carboxylic acid groups (broad SMARTS) is 1. The zero-order chi connectivity index (χ0) is 12.3. The maximum absolute atomic E-state index is 9.90. The van der Waals surface area contributed by atoms with Crippen LogP contribution in [0.1, 0.15) is 40.0 Å². The van der Waals surface area contributed by atoms with Gasteiger partial charge in [-0.1, -0.05) is 22.4 Å². The molecule has 1 amide bonds. The Labute approximate surface area is 101 Å². The minimum Gasteiger partial charge on any atom is -0.465 e. The number of amides is 1. The summed E-state index contributed by atoms with van der Waals surface area (Å²) in [6.45, 7) is 6.22. The van der Waals surface area contributed by atoms with Gasteiger partial charge in [0.15, 0.2) is 0 Å². The summed E-state index contributed by atoms with van der Waals surface area (Å²) in [7, 11) is 0. The lowest BCUT2D eigenvalue weighted by Gasteiger charge is -2.16. The second-order valence-corrected chi connectivity index (χ2v) is 5.01. The number of halogens is 1. The number of carbonyl (C=O) groups is 1. The normalized spacial score (nSPS) is 10.2. The number of alkyl halides is 1. The van der Waals surface area contributed by atoms with E-state index in [0.29, 0.717) is 0 Å². The van der Waals surface area contributed by atoms with Crippen molar-refractivity contribution in [1.29, 1.82) is 0 Å². The molecule has 0 bridgehead atoms. The van der Waals surface area contributed by atoms with E-state index in [1.807, 2.05) is 0 Å². The first-order valence-corrected chi connectivity index (χ1v) is 6.22. The molecule has 0 saturated heterocycles. The number of hydrogen-bond donors (Lipinski definition) is 3. The Kier molecular flexibility index (Phi) is 11.7. The smallest absolute Gasteiger partial charge is 0.405 e. The predicted octanol–water partition coefficient (Wildman–Crippen LogP) is 2.56. The van der Waals surface area contributed by atoms with E-state index < -0.39 is 6.09 Å². The Bertz CT molecular complexity index is 154. The summed E-state index contributed by atoms with van der Waals surface area (Å²) in [5, 5.41) is 11.6. The Morgan fingerprint density at radius 2 is 1.87 bits per heavy atom. The van der Waals surface area contributed by atoms with Gasteiger partial charge in [0.05, 0.1) is 0 Å². The molecule has 0 fully saturated rings. The lowest BCUT2D eigenvalue weighted by Crippen LogP contribution is -2.39. The van der Waals surface area contributed by atoms with E-state index in [-0.39, 0.29) is 5.54 Å². The Morgan fingerprint density at radius 1 is 1.33 bits per heavy atom. The zero-order valence-corrected chi connectivity index (χ0v) is 11.4. The van der Waals surface area contributed by atoms with Gasteiger partial charge in [0.2, 0.25) is 0 Å². The maximum atomic E-state index is 9.90. The van der Waals surface area contributed by atoms with Crippen molar-refractivity contribution in [3.8, 4) is 0 Å². The molecule has 0 aromatic carbocycles. The highest BCUT2D eigenvalue weighted by Crippen LogP contribution is 1.96. The number of unbranched alkanes of at least 4 members (excludes halogenated alkanes) is 2. The first-order valence-electron chi connectivity index (χ1n) is 5.10. The van der Waals surface area contributed by atoms with Crippen molar-refractivity contribution in [3.63, 3.8) is 0 Å². The van der Waals surface area contributed by atoms with Crippen molar-refractivity contribution in [2.75, 3.05) is 11.9 Å². The molecule has 4 nitrogen and oxygen atoms in total. The van der Waals surface area contributed by atoms with Crippen LogP contribution >= 0.6 is 15.9 Å². The molecule has 0 aliphatic rings. The first kappa shape index (κ1) is 17.1. The summed E-state index contributed by atoms with van der Waals surface area (Å²) < 4.78 is 0. The van der Waals surface area contributed by atoms with Crippen molar-refractivity contribution < 1.29 is 9.90 Å². The molecule has 5 heteroatoms. The van der Waals surface area contributed by atoms with Crippen molar-refractivity contribution in [1.82, 2.24) is 5.32 Å². The minimum atomic E-state index is -0.975. The number of nitrogens with two attached hydrogens (primary N) is 1. The van der Waals surface area contributed by atoms with Crippen LogP contribution in [0.15, 0.2) is 0 Å². The van der Waals surface area contributed by atoms with Crippen LogP contribution in [-0.2, 0) is 0 Å². The molecule has 4 N–H and O–H groups in total. The third-order valence-electron chi connectivity index (χ3n) is 1.32. The second kappa shape index (κ2) is 10.2. The van der Waals surface area contributed by atoms with Gasteiger partial charge in [-0.15, -0.1) is 0 Å². The van der Waals surface area contributed by atoms with Crippen LogP contribution in [0.3, 0.4) is 0 Å². The van der Waals surface area contributed by atoms with E-state index in [0.717, 1.165) is 11.9 Å². The summed E-state index contributed by atoms with van der Waals surface area (Å²) in [6.07, 6.45) is 2.72. The summed E-state index contributed by atoms with van der Waals surface area (Å²) in [6, 6.07) is 0. The summed E-state index contributed by atoms with van der Waals surface area (Å²) in [5.41, 5.74) is 4.93. The van der Waals surface area contributed by atoms with Gasteiger partial charge in [0.25, 0.3) is 0 Å². The van der Waals surface area contributed by atoms with E-state index >= 15 is 0 Å². The van der Waals surface area contributed by atoms with Crippen molar-refractivity contribution in [2.24, 2.45) is 5.73 Å². The fraction of sp³-hybridized carbons (Fsp3) is 0.900. The van der Waals surface area contributed by atoms with Gasteiger partial charge >= 0.3 is 6.09 Å². The average Bonchev–Trinajstić information content (AvgIpc) is 2.01. The molecule has 0 unspecified atom stereocenters. The molecule has 0 radical (unpaired) electrons. The van der Waals surface area contributed by atoms with Gasteiger partial charge in [-0.25, -0.2) is 4.79 Å². The average molecular weight is 283 g/mol. The summed E-state index contributed by atoms with van der Waals surface area (Å²) in [4.78, 5) is 9.90. The van der Waals surface area contributed by atoms with Gasteiger partial charge in [-0.05, 0) is 40.2 Å². The molecular formula is C10H23BrN2O2. The van der Waals surface area contributed by atoms with Crippen LogP contribution in [0.2, 0.25) is 0 Å². The molecule has 0 atom stereocenters. The Hall–Kier alpha value is -0.290. The highest BCUT2D eigenvalue weighted by atomic mass is 79.9. The van der Waals surface area contributed by atoms with Gasteiger partial charge in [0, 0.05) is 10.9 Å². The van der Waals surface area contributed by atoms with E-state index in [1.165, 1.54) is 19.3 Å². The molecule has 0 aromatic rings. The van der Waals surface area contributed by atoms with Crippen molar-refractivity contribution in [3.05, 3.63) is 0 Å². The van der Waals surface area contributed by atoms with Gasteiger partial charge in [-0.2, -0.15) is 0 Å². The third kappa shape index (κ3) is 24.8. The van der Waals surface area contributed by atoms with Crippen LogP contribution in [0, 0.1) is 0 Å². The van der Waals surface area contributed by atoms with Crippen LogP contribution in [0.4, 0.5) is 4.79 Å². The van der Waals surface area contributed by atoms with Crippen LogP contribution in [0.5, 0.6) is 0 Å². The molecule has 0 saturated carbocycles. The molecule has 0 heterocycles. The minimum absolute atomic E-state index is 0.328. The molecule has 15 heavy (non-hydrogen) atoms. The van der Waals surface area contributed by atoms with Gasteiger partial charge < -0.3 is 16.2 Å². The molecule has 0 aliphatic carbocycles. The number of hydrogen-bond acceptors (Lipinski definition) is 2. The quantitative estimate of drug-likeness (QED) is 0.548. The van der Waals surface area contributed by atoms with Gasteiger partial charge in [-0.3, -0.25) is 0 Å². The largest absolute Gasteiger partial charge is 0.465 e. The number of nitrogens with one attached hydrogen (secondary N) is 1. The first-order chi connectivity index (χ1) is 6.83. The monoisotopic (exact) mass is 282 g/mol. The van der Waals surface area contributed by atoms with Crippen LogP contribution < -0.4 is 11.1 Å².